The van der Waals surface area contributed by atoms with Crippen LogP contribution in [0.15, 0.2) is 42.7 Å². The lowest BCUT2D eigenvalue weighted by Crippen LogP contribution is -2.47. The number of fused-ring (bicyclic) bond motifs is 2. The molecule has 7 nitrogen and oxygen atoms in total. The van der Waals surface area contributed by atoms with E-state index in [1.807, 2.05) is 31.2 Å². The third-order valence-corrected chi connectivity index (χ3v) is 6.40. The smallest absolute Gasteiger partial charge is 0.151 e. The average molecular weight is 403 g/mol. The number of benzene rings is 1. The third kappa shape index (κ3) is 3.61. The Bertz CT molecular complexity index is 1020. The van der Waals surface area contributed by atoms with Crippen LogP contribution in [0.4, 0.5) is 5.82 Å². The van der Waals surface area contributed by atoms with E-state index in [0.717, 1.165) is 35.6 Å². The van der Waals surface area contributed by atoms with Gasteiger partial charge in [-0.2, -0.15) is 0 Å². The van der Waals surface area contributed by atoms with E-state index in [0.29, 0.717) is 29.4 Å². The van der Waals surface area contributed by atoms with Crippen LogP contribution in [0.25, 0.3) is 22.4 Å². The van der Waals surface area contributed by atoms with Crippen LogP contribution in [-0.4, -0.2) is 50.4 Å². The molecule has 30 heavy (non-hydrogen) atoms. The number of phenols is 1. The highest BCUT2D eigenvalue weighted by Crippen LogP contribution is 2.34. The number of anilines is 1. The minimum Gasteiger partial charge on any atom is -0.507 e. The Hall–Kier alpha value is -3.06. The molecule has 2 N–H and O–H groups in total. The zero-order valence-electron chi connectivity index (χ0n) is 17.3. The second kappa shape index (κ2) is 7.65. The lowest BCUT2D eigenvalue weighted by molar-refractivity contribution is 0.353. The summed E-state index contributed by atoms with van der Waals surface area (Å²) in [5, 5.41) is 23.1. The van der Waals surface area contributed by atoms with E-state index in [-0.39, 0.29) is 5.75 Å². The van der Waals surface area contributed by atoms with Gasteiger partial charge in [-0.3, -0.25) is 0 Å². The summed E-state index contributed by atoms with van der Waals surface area (Å²) in [6.07, 6.45) is 8.39. The van der Waals surface area contributed by atoms with Crippen LogP contribution in [0.1, 0.15) is 31.5 Å². The molecule has 0 aliphatic carbocycles. The first-order chi connectivity index (χ1) is 14.6. The molecule has 1 aromatic carbocycles. The first-order valence-electron chi connectivity index (χ1n) is 10.5. The molecule has 3 atom stereocenters. The number of aryl methyl sites for hydroxylation is 1. The van der Waals surface area contributed by atoms with E-state index in [4.69, 9.17) is 0 Å². The number of aromatic hydroxyl groups is 1. The maximum atomic E-state index is 10.6. The van der Waals surface area contributed by atoms with Gasteiger partial charge in [0, 0.05) is 48.7 Å². The van der Waals surface area contributed by atoms with Gasteiger partial charge in [-0.25, -0.2) is 9.97 Å². The molecular formula is C23H26N6O. The van der Waals surface area contributed by atoms with Gasteiger partial charge in [0.15, 0.2) is 5.82 Å². The molecule has 2 fully saturated rings. The summed E-state index contributed by atoms with van der Waals surface area (Å²) in [7, 11) is 2.11. The number of rotatable bonds is 4. The van der Waals surface area contributed by atoms with Gasteiger partial charge in [-0.15, -0.1) is 10.2 Å². The number of hydrogen-bond donors (Lipinski definition) is 2. The Morgan fingerprint density at radius 3 is 2.33 bits per heavy atom. The maximum absolute atomic E-state index is 10.6. The van der Waals surface area contributed by atoms with Gasteiger partial charge in [0.2, 0.25) is 0 Å². The fourth-order valence-electron chi connectivity index (χ4n) is 4.66. The summed E-state index contributed by atoms with van der Waals surface area (Å²) in [6, 6.07) is 11.2. The molecule has 2 saturated heterocycles. The van der Waals surface area contributed by atoms with Crippen molar-refractivity contribution in [3.8, 4) is 28.1 Å². The monoisotopic (exact) mass is 402 g/mol. The predicted molar refractivity (Wildman–Crippen MR) is 116 cm³/mol. The topological polar surface area (TPSA) is 87.1 Å². The average Bonchev–Trinajstić information content (AvgIpc) is 3.11. The Kier molecular flexibility index (Phi) is 4.83. The summed E-state index contributed by atoms with van der Waals surface area (Å²) >= 11 is 0. The van der Waals surface area contributed by atoms with Crippen molar-refractivity contribution in [3.05, 3.63) is 48.5 Å². The van der Waals surface area contributed by atoms with E-state index in [9.17, 15) is 5.11 Å². The van der Waals surface area contributed by atoms with Crippen molar-refractivity contribution >= 4 is 5.82 Å². The van der Waals surface area contributed by atoms with Crippen LogP contribution in [0, 0.1) is 6.92 Å². The van der Waals surface area contributed by atoms with E-state index in [1.54, 1.807) is 18.5 Å². The first-order valence-corrected chi connectivity index (χ1v) is 10.5. The number of nitrogens with one attached hydrogen (secondary N) is 1. The standard InChI is InChI=1S/C23H26N6O/c1-14-24-12-16(13-25-14)15-3-6-20(22(30)9-15)21-7-8-23(28-27-21)29(2)19-10-17-4-5-18(11-19)26-17/h3,6-9,12-13,17-19,26,30H,4-5,10-11H2,1-2H3/t17-,18+,19+. The second-order valence-corrected chi connectivity index (χ2v) is 8.40. The summed E-state index contributed by atoms with van der Waals surface area (Å²) in [4.78, 5) is 10.7. The Balaban J connectivity index is 1.34. The highest BCUT2D eigenvalue weighted by atomic mass is 16.3. The predicted octanol–water partition coefficient (Wildman–Crippen LogP) is 3.33. The molecule has 0 saturated carbocycles. The quantitative estimate of drug-likeness (QED) is 0.692. The SMILES string of the molecule is Cc1ncc(-c2ccc(-c3ccc(N(C)[C@H]4C[C@H]5CC[C@@H](C4)N5)nn3)c(O)c2)cn1. The van der Waals surface area contributed by atoms with E-state index in [1.165, 1.54) is 12.8 Å². The second-order valence-electron chi connectivity index (χ2n) is 8.40. The van der Waals surface area contributed by atoms with Crippen LogP contribution in [0.2, 0.25) is 0 Å². The minimum atomic E-state index is 0.165. The van der Waals surface area contributed by atoms with Crippen molar-refractivity contribution in [2.45, 2.75) is 50.7 Å². The zero-order valence-corrected chi connectivity index (χ0v) is 17.3. The van der Waals surface area contributed by atoms with Gasteiger partial charge in [-0.1, -0.05) is 6.07 Å². The minimum absolute atomic E-state index is 0.165. The molecule has 2 aliphatic heterocycles. The molecule has 0 radical (unpaired) electrons. The molecule has 7 heteroatoms. The lowest BCUT2D eigenvalue weighted by Gasteiger charge is -2.36. The highest BCUT2D eigenvalue weighted by Gasteiger charge is 2.35. The zero-order chi connectivity index (χ0) is 20.7. The Morgan fingerprint density at radius 1 is 0.967 bits per heavy atom. The number of phenolic OH excluding ortho intramolecular Hbond substituents is 1. The molecule has 2 bridgehead atoms. The summed E-state index contributed by atoms with van der Waals surface area (Å²) < 4.78 is 0. The van der Waals surface area contributed by atoms with Gasteiger partial charge in [-0.05, 0) is 62.4 Å². The molecule has 154 valence electrons. The fourth-order valence-corrected chi connectivity index (χ4v) is 4.66. The van der Waals surface area contributed by atoms with Crippen molar-refractivity contribution < 1.29 is 5.11 Å². The Morgan fingerprint density at radius 2 is 1.70 bits per heavy atom. The summed E-state index contributed by atoms with van der Waals surface area (Å²) in [5.74, 6) is 1.76. The van der Waals surface area contributed by atoms with Gasteiger partial charge < -0.3 is 15.3 Å². The van der Waals surface area contributed by atoms with Crippen LogP contribution in [0.3, 0.4) is 0 Å². The van der Waals surface area contributed by atoms with Gasteiger partial charge in [0.25, 0.3) is 0 Å². The van der Waals surface area contributed by atoms with Gasteiger partial charge in [0.05, 0.1) is 5.69 Å². The molecule has 0 unspecified atom stereocenters. The fraction of sp³-hybridized carbons (Fsp3) is 0.391. The summed E-state index contributed by atoms with van der Waals surface area (Å²) in [5.41, 5.74) is 3.04. The van der Waals surface area contributed by atoms with E-state index < -0.39 is 0 Å². The normalized spacial score (nSPS) is 22.8. The molecule has 0 amide bonds. The van der Waals surface area contributed by atoms with Gasteiger partial charge in [0.1, 0.15) is 11.6 Å². The Labute approximate surface area is 176 Å². The van der Waals surface area contributed by atoms with Crippen LogP contribution < -0.4 is 10.2 Å². The third-order valence-electron chi connectivity index (χ3n) is 6.40. The van der Waals surface area contributed by atoms with Crippen LogP contribution in [-0.2, 0) is 0 Å². The molecule has 4 heterocycles. The maximum Gasteiger partial charge on any atom is 0.151 e. The highest BCUT2D eigenvalue weighted by molar-refractivity contribution is 5.73. The molecule has 5 rings (SSSR count). The first kappa shape index (κ1) is 18.9. The number of aromatic nitrogens is 4. The number of piperidine rings is 1. The van der Waals surface area contributed by atoms with Crippen molar-refractivity contribution in [3.63, 3.8) is 0 Å². The molecule has 2 aliphatic rings. The molecule has 0 spiro atoms. The van der Waals surface area contributed by atoms with Crippen molar-refractivity contribution in [1.29, 1.82) is 0 Å². The number of nitrogens with zero attached hydrogens (tertiary/aromatic N) is 5. The van der Waals surface area contributed by atoms with Crippen molar-refractivity contribution in [2.24, 2.45) is 0 Å². The molecular weight excluding hydrogens is 376 g/mol. The molecule has 3 aromatic rings. The number of hydrogen-bond acceptors (Lipinski definition) is 7. The van der Waals surface area contributed by atoms with Crippen LogP contribution >= 0.6 is 0 Å². The lowest BCUT2D eigenvalue weighted by atomic mass is 9.98. The van der Waals surface area contributed by atoms with Crippen molar-refractivity contribution in [2.75, 3.05) is 11.9 Å². The van der Waals surface area contributed by atoms with Crippen molar-refractivity contribution in [1.82, 2.24) is 25.5 Å². The summed E-state index contributed by atoms with van der Waals surface area (Å²) in [6.45, 7) is 1.85. The largest absolute Gasteiger partial charge is 0.507 e. The van der Waals surface area contributed by atoms with Gasteiger partial charge >= 0.3 is 0 Å². The van der Waals surface area contributed by atoms with Crippen LogP contribution in [0.5, 0.6) is 5.75 Å². The van der Waals surface area contributed by atoms with E-state index >= 15 is 0 Å². The van der Waals surface area contributed by atoms with E-state index in [2.05, 4.69) is 37.4 Å². The molecule has 2 aromatic heterocycles.